The summed E-state index contributed by atoms with van der Waals surface area (Å²) in [6, 6.07) is 8.31. The Morgan fingerprint density at radius 2 is 0.783 bits per heavy atom. The fraction of sp³-hybridized carbons (Fsp3) is 0.490. The number of carbonyl (C=O) groups excluding carboxylic acids is 7. The number of amides is 5. The molecule has 2 aliphatic rings. The van der Waals surface area contributed by atoms with Gasteiger partial charge in [-0.25, -0.2) is 0 Å². The lowest BCUT2D eigenvalue weighted by Crippen LogP contribution is -2.38. The molecule has 3 aromatic rings. The van der Waals surface area contributed by atoms with Crippen LogP contribution in [0.25, 0.3) is 0 Å². The number of rotatable bonds is 24. The van der Waals surface area contributed by atoms with Crippen LogP contribution in [0.4, 0.5) is 0 Å². The van der Waals surface area contributed by atoms with E-state index in [0.29, 0.717) is 51.4 Å². The van der Waals surface area contributed by atoms with E-state index in [4.69, 9.17) is 45.6 Å². The maximum absolute atomic E-state index is 14.1. The molecule has 69 heavy (non-hydrogen) atoms. The second-order valence-corrected chi connectivity index (χ2v) is 17.0. The number of methoxy groups -OCH3 is 5. The third-order valence-corrected chi connectivity index (χ3v) is 12.5. The van der Waals surface area contributed by atoms with Gasteiger partial charge in [0, 0.05) is 69.3 Å². The van der Waals surface area contributed by atoms with E-state index >= 15 is 0 Å². The summed E-state index contributed by atoms with van der Waals surface area (Å²) in [5, 5.41) is 11.5. The first-order valence-corrected chi connectivity index (χ1v) is 23.0. The molecule has 0 saturated heterocycles. The van der Waals surface area contributed by atoms with Crippen LogP contribution < -0.4 is 66.9 Å². The van der Waals surface area contributed by atoms with Gasteiger partial charge in [0.1, 0.15) is 34.5 Å². The Labute approximate surface area is 401 Å². The van der Waals surface area contributed by atoms with Gasteiger partial charge in [-0.3, -0.25) is 33.6 Å². The van der Waals surface area contributed by atoms with Gasteiger partial charge >= 0.3 is 0 Å². The fourth-order valence-electron chi connectivity index (χ4n) is 8.80. The Morgan fingerprint density at radius 1 is 0.464 bits per heavy atom. The predicted octanol–water partition coefficient (Wildman–Crippen LogP) is 3.09. The first kappa shape index (κ1) is 53.0. The Hall–Kier alpha value is -6.93. The summed E-state index contributed by atoms with van der Waals surface area (Å²) < 4.78 is 33.0. The molecule has 374 valence electrons. The van der Waals surface area contributed by atoms with Crippen LogP contribution in [0.2, 0.25) is 0 Å². The zero-order valence-electron chi connectivity index (χ0n) is 39.9. The Balaban J connectivity index is 1.22. The number of hydrogen-bond donors (Lipinski definition) is 7. The molecular formula is C49H65N7O13. The number of ketones is 2. The zero-order chi connectivity index (χ0) is 50.2. The van der Waals surface area contributed by atoms with Crippen molar-refractivity contribution < 1.29 is 62.0 Å². The topological polar surface area (TPSA) is 301 Å². The zero-order valence-corrected chi connectivity index (χ0v) is 39.9. The number of Topliss-reactive ketones (excluding diaryl/α,β-unsaturated/α-hetero) is 2. The molecule has 2 fully saturated rings. The predicted molar refractivity (Wildman–Crippen MR) is 254 cm³/mol. The number of carbonyl (C=O) groups is 7. The van der Waals surface area contributed by atoms with E-state index in [0.717, 1.165) is 0 Å². The highest BCUT2D eigenvalue weighted by Gasteiger charge is 2.31. The highest BCUT2D eigenvalue weighted by Crippen LogP contribution is 2.37. The van der Waals surface area contributed by atoms with E-state index in [2.05, 4.69) is 21.3 Å². The molecule has 0 aliphatic heterocycles. The smallest absolute Gasteiger partial charge is 0.255 e. The van der Waals surface area contributed by atoms with Gasteiger partial charge in [-0.1, -0.05) is 0 Å². The SMILES string of the molecule is COc1cc(OCC(N)=O)c(C(=O)CC2CCC(NC(=O)c3cc(C(=O)NCCN)c(OC)cc3OC)CC2)cc1C(=O)CC1CCC(NC(=O)c2cc(C(=O)NCCN)c(OC)cc2OC)CC1. The Morgan fingerprint density at radius 3 is 1.13 bits per heavy atom. The van der Waals surface area contributed by atoms with Crippen LogP contribution in [0.5, 0.6) is 34.5 Å². The van der Waals surface area contributed by atoms with Crippen LogP contribution in [0.3, 0.4) is 0 Å². The third-order valence-electron chi connectivity index (χ3n) is 12.5. The molecule has 0 radical (unpaired) electrons. The van der Waals surface area contributed by atoms with Crippen molar-refractivity contribution in [3.63, 3.8) is 0 Å². The Kier molecular flexibility index (Phi) is 19.6. The number of nitrogens with two attached hydrogens (primary N) is 3. The minimum Gasteiger partial charge on any atom is -0.496 e. The second-order valence-electron chi connectivity index (χ2n) is 17.0. The van der Waals surface area contributed by atoms with E-state index in [9.17, 15) is 33.6 Å². The molecule has 0 aromatic heterocycles. The maximum Gasteiger partial charge on any atom is 0.255 e. The summed E-state index contributed by atoms with van der Waals surface area (Å²) in [6.45, 7) is 0.448. The van der Waals surface area contributed by atoms with Crippen molar-refractivity contribution in [1.82, 2.24) is 21.3 Å². The normalized spacial score (nSPS) is 17.6. The van der Waals surface area contributed by atoms with E-state index in [1.165, 1.54) is 71.9 Å². The van der Waals surface area contributed by atoms with Gasteiger partial charge in [0.25, 0.3) is 29.5 Å². The molecule has 20 heteroatoms. The van der Waals surface area contributed by atoms with Crippen molar-refractivity contribution in [1.29, 1.82) is 0 Å². The molecule has 2 saturated carbocycles. The molecule has 2 aliphatic carbocycles. The molecule has 0 unspecified atom stereocenters. The lowest BCUT2D eigenvalue weighted by molar-refractivity contribution is -0.120. The molecule has 5 rings (SSSR count). The molecule has 0 spiro atoms. The van der Waals surface area contributed by atoms with E-state index in [-0.39, 0.29) is 142 Å². The summed E-state index contributed by atoms with van der Waals surface area (Å²) in [7, 11) is 7.06. The van der Waals surface area contributed by atoms with Gasteiger partial charge in [0.15, 0.2) is 18.2 Å². The van der Waals surface area contributed by atoms with E-state index in [1.807, 2.05) is 0 Å². The lowest BCUT2D eigenvalue weighted by Gasteiger charge is -2.29. The number of hydrogen-bond acceptors (Lipinski definition) is 15. The average Bonchev–Trinajstić information content (AvgIpc) is 3.36. The third kappa shape index (κ3) is 13.8. The van der Waals surface area contributed by atoms with Crippen LogP contribution in [0.1, 0.15) is 126 Å². The highest BCUT2D eigenvalue weighted by molar-refractivity contribution is 6.06. The lowest BCUT2D eigenvalue weighted by atomic mass is 9.81. The molecule has 20 nitrogen and oxygen atoms in total. The standard InChI is InChI=1S/C49H65N7O13/c1-64-39-25-44(69-26-45(52)59)32(38(58)19-28-8-12-30(13-9-28)56-49(63)36-22-34(47(61)54-17-15-51)41(66-3)24-43(36)68-5)20-31(39)37(57)18-27-6-10-29(11-7-27)55-48(62)35-21-33(46(60)53-16-14-50)40(65-2)23-42(35)67-4/h20-25,27-30H,6-19,26,50-51H2,1-5H3,(H2,52,59)(H,53,60)(H,54,61)(H,55,62)(H,56,63). The molecule has 0 atom stereocenters. The molecule has 10 N–H and O–H groups in total. The van der Waals surface area contributed by atoms with Crippen LogP contribution in [0.15, 0.2) is 36.4 Å². The summed E-state index contributed by atoms with van der Waals surface area (Å²) in [5.74, 6) is -1.95. The number of benzene rings is 3. The number of primary amides is 1. The van der Waals surface area contributed by atoms with Crippen LogP contribution in [-0.2, 0) is 4.79 Å². The summed E-state index contributed by atoms with van der Waals surface area (Å²) in [6.07, 6.45) is 5.04. The summed E-state index contributed by atoms with van der Waals surface area (Å²) >= 11 is 0. The van der Waals surface area contributed by atoms with Gasteiger partial charge in [0.2, 0.25) is 0 Å². The number of ether oxygens (including phenoxy) is 6. The largest absolute Gasteiger partial charge is 0.496 e. The van der Waals surface area contributed by atoms with Crippen LogP contribution in [0, 0.1) is 11.8 Å². The van der Waals surface area contributed by atoms with Gasteiger partial charge in [-0.05, 0) is 81.4 Å². The van der Waals surface area contributed by atoms with Crippen LogP contribution >= 0.6 is 0 Å². The van der Waals surface area contributed by atoms with Crippen molar-refractivity contribution >= 4 is 41.1 Å². The van der Waals surface area contributed by atoms with Gasteiger partial charge < -0.3 is 66.9 Å². The quantitative estimate of drug-likeness (QED) is 0.0635. The molecular weight excluding hydrogens is 895 g/mol. The first-order chi connectivity index (χ1) is 33.2. The van der Waals surface area contributed by atoms with Crippen molar-refractivity contribution in [3.05, 3.63) is 69.8 Å². The second kappa shape index (κ2) is 25.4. The van der Waals surface area contributed by atoms with Crippen molar-refractivity contribution in [2.24, 2.45) is 29.0 Å². The minimum atomic E-state index is -0.753. The van der Waals surface area contributed by atoms with Gasteiger partial charge in [0.05, 0.1) is 68.9 Å². The van der Waals surface area contributed by atoms with Crippen molar-refractivity contribution in [3.8, 4) is 34.5 Å². The number of nitrogens with one attached hydrogen (secondary N) is 4. The fourth-order valence-corrected chi connectivity index (χ4v) is 8.80. The average molecular weight is 960 g/mol. The van der Waals surface area contributed by atoms with Gasteiger partial charge in [-0.2, -0.15) is 0 Å². The highest BCUT2D eigenvalue weighted by atomic mass is 16.5. The molecule has 5 amide bonds. The summed E-state index contributed by atoms with van der Waals surface area (Å²) in [5.41, 5.74) is 17.4. The van der Waals surface area contributed by atoms with Crippen molar-refractivity contribution in [2.45, 2.75) is 76.3 Å². The van der Waals surface area contributed by atoms with Crippen molar-refractivity contribution in [2.75, 3.05) is 68.3 Å². The Bertz CT molecular complexity index is 2360. The maximum atomic E-state index is 14.1. The summed E-state index contributed by atoms with van der Waals surface area (Å²) in [4.78, 5) is 92.7. The molecule has 0 bridgehead atoms. The van der Waals surface area contributed by atoms with E-state index < -0.39 is 36.1 Å². The van der Waals surface area contributed by atoms with Gasteiger partial charge in [-0.15, -0.1) is 0 Å². The first-order valence-electron chi connectivity index (χ1n) is 23.0. The van der Waals surface area contributed by atoms with Crippen LogP contribution in [-0.4, -0.2) is 122 Å². The molecule has 0 heterocycles. The van der Waals surface area contributed by atoms with E-state index in [1.54, 1.807) is 0 Å². The molecule has 3 aromatic carbocycles. The minimum absolute atomic E-state index is 0.0296. The monoisotopic (exact) mass is 959 g/mol.